The maximum Gasteiger partial charge on any atom is 0.0918 e. The summed E-state index contributed by atoms with van der Waals surface area (Å²) in [5, 5.41) is 7.40. The van der Waals surface area contributed by atoms with Crippen molar-refractivity contribution in [3.63, 3.8) is 0 Å². The van der Waals surface area contributed by atoms with Crippen LogP contribution >= 0.6 is 0 Å². The van der Waals surface area contributed by atoms with Crippen LogP contribution in [-0.4, -0.2) is 29.9 Å². The van der Waals surface area contributed by atoms with Gasteiger partial charge in [-0.25, -0.2) is 0 Å². The quantitative estimate of drug-likeness (QED) is 0.551. The number of nitrogens with two attached hydrogens (primary N) is 1. The molecule has 98 valence electrons. The Labute approximate surface area is 105 Å². The summed E-state index contributed by atoms with van der Waals surface area (Å²) in [6, 6.07) is 0.787. The van der Waals surface area contributed by atoms with E-state index in [2.05, 4.69) is 18.7 Å². The zero-order valence-corrected chi connectivity index (χ0v) is 11.3. The predicted octanol–water partition coefficient (Wildman–Crippen LogP) is 2.46. The molecule has 0 aromatic rings. The molecule has 3 nitrogen and oxygen atoms in total. The van der Waals surface area contributed by atoms with Gasteiger partial charge in [0.15, 0.2) is 0 Å². The van der Waals surface area contributed by atoms with Crippen molar-refractivity contribution in [1.82, 2.24) is 4.90 Å². The van der Waals surface area contributed by atoms with Crippen molar-refractivity contribution in [1.29, 1.82) is 5.41 Å². The van der Waals surface area contributed by atoms with Gasteiger partial charge in [-0.1, -0.05) is 20.3 Å². The van der Waals surface area contributed by atoms with Gasteiger partial charge < -0.3 is 5.73 Å². The average Bonchev–Trinajstić information content (AvgIpc) is 2.84. The van der Waals surface area contributed by atoms with Crippen molar-refractivity contribution in [2.24, 2.45) is 23.5 Å². The maximum atomic E-state index is 7.40. The molecule has 2 saturated carbocycles. The topological polar surface area (TPSA) is 53.1 Å². The van der Waals surface area contributed by atoms with Crippen LogP contribution in [0.4, 0.5) is 0 Å². The molecule has 0 aromatic carbocycles. The third-order valence-electron chi connectivity index (χ3n) is 4.44. The molecule has 3 heteroatoms. The van der Waals surface area contributed by atoms with Gasteiger partial charge in [-0.3, -0.25) is 10.3 Å². The molecule has 0 aliphatic heterocycles. The Balaban J connectivity index is 1.92. The summed E-state index contributed by atoms with van der Waals surface area (Å²) in [7, 11) is 0. The van der Waals surface area contributed by atoms with Crippen LogP contribution in [0.25, 0.3) is 0 Å². The summed E-state index contributed by atoms with van der Waals surface area (Å²) in [5.74, 6) is 2.98. The predicted molar refractivity (Wildman–Crippen MR) is 72.2 cm³/mol. The molecule has 2 aliphatic carbocycles. The Hall–Kier alpha value is -0.570. The maximum absolute atomic E-state index is 7.40. The van der Waals surface area contributed by atoms with Crippen LogP contribution in [0.5, 0.6) is 0 Å². The molecule has 2 fully saturated rings. The van der Waals surface area contributed by atoms with E-state index in [0.29, 0.717) is 11.8 Å². The number of amidine groups is 1. The third kappa shape index (κ3) is 3.21. The number of hydrogen-bond donors (Lipinski definition) is 2. The molecule has 2 bridgehead atoms. The van der Waals surface area contributed by atoms with Crippen LogP contribution in [0.15, 0.2) is 0 Å². The van der Waals surface area contributed by atoms with E-state index in [0.717, 1.165) is 30.8 Å². The van der Waals surface area contributed by atoms with Gasteiger partial charge in [-0.15, -0.1) is 0 Å². The highest BCUT2D eigenvalue weighted by Gasteiger charge is 2.42. The molecular formula is C14H27N3. The highest BCUT2D eigenvalue weighted by molar-refractivity contribution is 5.76. The summed E-state index contributed by atoms with van der Waals surface area (Å²) in [6.07, 6.45) is 6.49. The molecule has 0 radical (unpaired) electrons. The molecule has 3 N–H and O–H groups in total. The minimum Gasteiger partial charge on any atom is -0.388 e. The lowest BCUT2D eigenvalue weighted by Crippen LogP contribution is -2.42. The van der Waals surface area contributed by atoms with Gasteiger partial charge in [0.2, 0.25) is 0 Å². The summed E-state index contributed by atoms with van der Waals surface area (Å²) >= 11 is 0. The number of hydrogen-bond acceptors (Lipinski definition) is 2. The minimum atomic E-state index is 0.335. The number of rotatable bonds is 6. The van der Waals surface area contributed by atoms with E-state index in [1.807, 2.05) is 0 Å². The van der Waals surface area contributed by atoms with Gasteiger partial charge in [0.25, 0.3) is 0 Å². The first-order chi connectivity index (χ1) is 8.06. The summed E-state index contributed by atoms with van der Waals surface area (Å²) in [5.41, 5.74) is 5.50. The standard InChI is InChI=1S/C14H27N3/c1-10(2)9-17(6-5-14(15)16)13-8-11-3-4-12(13)7-11/h10-13H,3-9H2,1-2H3,(H3,15,16). The van der Waals surface area contributed by atoms with Gasteiger partial charge in [-0.2, -0.15) is 0 Å². The van der Waals surface area contributed by atoms with E-state index in [1.54, 1.807) is 0 Å². The second-order valence-corrected chi connectivity index (χ2v) is 6.41. The molecular weight excluding hydrogens is 210 g/mol. The molecule has 3 unspecified atom stereocenters. The lowest BCUT2D eigenvalue weighted by atomic mass is 9.93. The average molecular weight is 237 g/mol. The molecule has 0 saturated heterocycles. The lowest BCUT2D eigenvalue weighted by molar-refractivity contribution is 0.131. The van der Waals surface area contributed by atoms with Crippen molar-refractivity contribution in [3.05, 3.63) is 0 Å². The largest absolute Gasteiger partial charge is 0.388 e. The number of nitrogens with one attached hydrogen (secondary N) is 1. The van der Waals surface area contributed by atoms with Crippen molar-refractivity contribution in [2.45, 2.75) is 52.0 Å². The van der Waals surface area contributed by atoms with Crippen LogP contribution in [0.3, 0.4) is 0 Å². The first-order valence-electron chi connectivity index (χ1n) is 7.13. The Kier molecular flexibility index (Phi) is 4.08. The van der Waals surface area contributed by atoms with Gasteiger partial charge in [0.1, 0.15) is 0 Å². The van der Waals surface area contributed by atoms with E-state index >= 15 is 0 Å². The second kappa shape index (κ2) is 5.38. The Morgan fingerprint density at radius 3 is 2.59 bits per heavy atom. The van der Waals surface area contributed by atoms with E-state index < -0.39 is 0 Å². The molecule has 0 amide bonds. The van der Waals surface area contributed by atoms with Crippen molar-refractivity contribution >= 4 is 5.84 Å². The van der Waals surface area contributed by atoms with E-state index in [4.69, 9.17) is 11.1 Å². The number of fused-ring (bicyclic) bond motifs is 2. The van der Waals surface area contributed by atoms with Gasteiger partial charge in [-0.05, 0) is 37.0 Å². The van der Waals surface area contributed by atoms with Crippen molar-refractivity contribution < 1.29 is 0 Å². The van der Waals surface area contributed by atoms with Crippen LogP contribution in [0.1, 0.15) is 46.0 Å². The Morgan fingerprint density at radius 1 is 1.35 bits per heavy atom. The van der Waals surface area contributed by atoms with Crippen LogP contribution < -0.4 is 5.73 Å². The van der Waals surface area contributed by atoms with E-state index in [9.17, 15) is 0 Å². The van der Waals surface area contributed by atoms with E-state index in [1.165, 1.54) is 32.2 Å². The fourth-order valence-electron chi connectivity index (χ4n) is 3.78. The minimum absolute atomic E-state index is 0.335. The zero-order valence-electron chi connectivity index (χ0n) is 11.3. The van der Waals surface area contributed by atoms with Crippen LogP contribution in [-0.2, 0) is 0 Å². The smallest absolute Gasteiger partial charge is 0.0918 e. The summed E-state index contributed by atoms with van der Waals surface area (Å²) in [4.78, 5) is 2.62. The SMILES string of the molecule is CC(C)CN(CCC(=N)N)C1CC2CCC1C2. The van der Waals surface area contributed by atoms with Gasteiger partial charge in [0, 0.05) is 25.6 Å². The fraction of sp³-hybridized carbons (Fsp3) is 0.929. The molecule has 0 spiro atoms. The Bertz CT molecular complexity index is 275. The lowest BCUT2D eigenvalue weighted by Gasteiger charge is -2.35. The molecule has 17 heavy (non-hydrogen) atoms. The highest BCUT2D eigenvalue weighted by Crippen LogP contribution is 2.46. The third-order valence-corrected chi connectivity index (χ3v) is 4.44. The molecule has 0 aromatic heterocycles. The first kappa shape index (κ1) is 12.9. The molecule has 2 aliphatic rings. The second-order valence-electron chi connectivity index (χ2n) is 6.41. The van der Waals surface area contributed by atoms with Crippen LogP contribution in [0, 0.1) is 23.2 Å². The Morgan fingerprint density at radius 2 is 2.12 bits per heavy atom. The molecule has 0 heterocycles. The first-order valence-corrected chi connectivity index (χ1v) is 7.13. The van der Waals surface area contributed by atoms with Crippen LogP contribution in [0.2, 0.25) is 0 Å². The highest BCUT2D eigenvalue weighted by atomic mass is 15.2. The van der Waals surface area contributed by atoms with Crippen molar-refractivity contribution in [2.75, 3.05) is 13.1 Å². The van der Waals surface area contributed by atoms with E-state index in [-0.39, 0.29) is 0 Å². The van der Waals surface area contributed by atoms with Crippen molar-refractivity contribution in [3.8, 4) is 0 Å². The van der Waals surface area contributed by atoms with Gasteiger partial charge >= 0.3 is 0 Å². The molecule has 3 atom stereocenters. The zero-order chi connectivity index (χ0) is 12.4. The summed E-state index contributed by atoms with van der Waals surface area (Å²) in [6.45, 7) is 6.73. The summed E-state index contributed by atoms with van der Waals surface area (Å²) < 4.78 is 0. The number of nitrogens with zero attached hydrogens (tertiary/aromatic N) is 1. The monoisotopic (exact) mass is 237 g/mol. The normalized spacial score (nSPS) is 31.6. The van der Waals surface area contributed by atoms with Gasteiger partial charge in [0.05, 0.1) is 5.84 Å². The molecule has 2 rings (SSSR count). The fourth-order valence-corrected chi connectivity index (χ4v) is 3.78.